The van der Waals surface area contributed by atoms with Crippen molar-refractivity contribution in [2.45, 2.75) is 31.8 Å². The molecule has 0 fully saturated rings. The lowest BCUT2D eigenvalue weighted by atomic mass is 10.1. The lowest BCUT2D eigenvalue weighted by Gasteiger charge is -2.04. The molecule has 0 saturated heterocycles. The van der Waals surface area contributed by atoms with E-state index in [4.69, 9.17) is 10.8 Å². The van der Waals surface area contributed by atoms with Gasteiger partial charge in [0, 0.05) is 12.5 Å². The summed E-state index contributed by atoms with van der Waals surface area (Å²) < 4.78 is 1.91. The summed E-state index contributed by atoms with van der Waals surface area (Å²) in [6.07, 6.45) is 6.52. The van der Waals surface area contributed by atoms with E-state index < -0.39 is 12.0 Å². The van der Waals surface area contributed by atoms with Crippen LogP contribution >= 0.6 is 0 Å². The smallest absolute Gasteiger partial charge is 0.320 e. The average Bonchev–Trinajstić information content (AvgIpc) is 2.34. The highest BCUT2D eigenvalue weighted by atomic mass is 16.4. The Kier molecular flexibility index (Phi) is 5.29. The molecule has 0 saturated carbocycles. The summed E-state index contributed by atoms with van der Waals surface area (Å²) in [5, 5.41) is 8.60. The van der Waals surface area contributed by atoms with E-state index in [0.29, 0.717) is 12.0 Å². The standard InChI is InChI=1S/C12H16N2O3/c13-11(12(16)17)5-1-2-6-14-7-3-4-10(8-14)9-15/h3-4,7-9,11H,1-2,5-6,13H2/p+1/t11-/m0/s1. The van der Waals surface area contributed by atoms with Gasteiger partial charge in [-0.2, -0.15) is 0 Å². The normalized spacial score (nSPS) is 12.1. The van der Waals surface area contributed by atoms with Crippen molar-refractivity contribution in [2.75, 3.05) is 0 Å². The van der Waals surface area contributed by atoms with E-state index in [1.165, 1.54) is 0 Å². The largest absolute Gasteiger partial charge is 0.480 e. The first-order valence-electron chi connectivity index (χ1n) is 5.56. The maximum atomic E-state index is 10.6. The molecular formula is C12H17N2O3+. The molecule has 5 heteroatoms. The first kappa shape index (κ1) is 13.3. The minimum Gasteiger partial charge on any atom is -0.480 e. The predicted octanol–water partition coefficient (Wildman–Crippen LogP) is 0.369. The van der Waals surface area contributed by atoms with Crippen LogP contribution in [0.1, 0.15) is 29.6 Å². The summed E-state index contributed by atoms with van der Waals surface area (Å²) in [7, 11) is 0. The van der Waals surface area contributed by atoms with E-state index in [0.717, 1.165) is 25.7 Å². The lowest BCUT2D eigenvalue weighted by molar-refractivity contribution is -0.697. The van der Waals surface area contributed by atoms with Gasteiger partial charge in [-0.15, -0.1) is 0 Å². The molecule has 0 aliphatic carbocycles. The summed E-state index contributed by atoms with van der Waals surface area (Å²) >= 11 is 0. The second-order valence-electron chi connectivity index (χ2n) is 3.93. The maximum Gasteiger partial charge on any atom is 0.320 e. The molecule has 1 atom stereocenters. The van der Waals surface area contributed by atoms with E-state index in [1.54, 1.807) is 12.3 Å². The summed E-state index contributed by atoms with van der Waals surface area (Å²) in [5.41, 5.74) is 6.02. The number of carbonyl (C=O) groups is 2. The van der Waals surface area contributed by atoms with E-state index in [9.17, 15) is 9.59 Å². The molecule has 0 aromatic carbocycles. The number of pyridine rings is 1. The molecule has 3 N–H and O–H groups in total. The number of nitrogens with zero attached hydrogens (tertiary/aromatic N) is 1. The number of hydrogen-bond acceptors (Lipinski definition) is 3. The molecule has 1 heterocycles. The van der Waals surface area contributed by atoms with Gasteiger partial charge >= 0.3 is 5.97 Å². The number of unbranched alkanes of at least 4 members (excludes halogenated alkanes) is 1. The van der Waals surface area contributed by atoms with Gasteiger partial charge in [0.05, 0.1) is 5.56 Å². The van der Waals surface area contributed by atoms with Crippen molar-refractivity contribution in [2.24, 2.45) is 5.73 Å². The third-order valence-electron chi connectivity index (χ3n) is 2.52. The lowest BCUT2D eigenvalue weighted by Crippen LogP contribution is -2.34. The Balaban J connectivity index is 2.31. The van der Waals surface area contributed by atoms with Gasteiger partial charge in [-0.1, -0.05) is 0 Å². The summed E-state index contributed by atoms with van der Waals surface area (Å²) in [4.78, 5) is 21.0. The molecule has 0 radical (unpaired) electrons. The number of aryl methyl sites for hydroxylation is 1. The van der Waals surface area contributed by atoms with Gasteiger partial charge in [0.15, 0.2) is 18.7 Å². The second-order valence-corrected chi connectivity index (χ2v) is 3.93. The van der Waals surface area contributed by atoms with Crippen molar-refractivity contribution in [3.05, 3.63) is 30.1 Å². The zero-order chi connectivity index (χ0) is 12.7. The number of aliphatic carboxylic acids is 1. The van der Waals surface area contributed by atoms with Crippen molar-refractivity contribution < 1.29 is 19.3 Å². The number of carbonyl (C=O) groups excluding carboxylic acids is 1. The Morgan fingerprint density at radius 2 is 2.29 bits per heavy atom. The molecule has 92 valence electrons. The Labute approximate surface area is 99.9 Å². The maximum absolute atomic E-state index is 10.6. The Bertz CT molecular complexity index is 393. The summed E-state index contributed by atoms with van der Waals surface area (Å²) in [6.45, 7) is 0.758. The molecule has 1 aromatic heterocycles. The number of hydrogen-bond donors (Lipinski definition) is 2. The topological polar surface area (TPSA) is 84.3 Å². The number of carboxylic acids is 1. The predicted molar refractivity (Wildman–Crippen MR) is 61.5 cm³/mol. The SMILES string of the molecule is N[C@@H](CCCC[n+]1cccc(C=O)c1)C(=O)O. The third-order valence-corrected chi connectivity index (χ3v) is 2.52. The Morgan fingerprint density at radius 3 is 2.94 bits per heavy atom. The van der Waals surface area contributed by atoms with Crippen LogP contribution in [0, 0.1) is 0 Å². The molecule has 17 heavy (non-hydrogen) atoms. The molecule has 0 amide bonds. The minimum atomic E-state index is -0.958. The fraction of sp³-hybridized carbons (Fsp3) is 0.417. The van der Waals surface area contributed by atoms with Crippen LogP contribution in [-0.4, -0.2) is 23.4 Å². The van der Waals surface area contributed by atoms with Crippen molar-refractivity contribution in [1.29, 1.82) is 0 Å². The van der Waals surface area contributed by atoms with Crippen LogP contribution in [0.5, 0.6) is 0 Å². The highest BCUT2D eigenvalue weighted by Crippen LogP contribution is 1.99. The van der Waals surface area contributed by atoms with Crippen molar-refractivity contribution >= 4 is 12.3 Å². The number of aldehydes is 1. The van der Waals surface area contributed by atoms with Crippen molar-refractivity contribution in [3.8, 4) is 0 Å². The van der Waals surface area contributed by atoms with Crippen molar-refractivity contribution in [3.63, 3.8) is 0 Å². The highest BCUT2D eigenvalue weighted by molar-refractivity contribution is 5.73. The van der Waals surface area contributed by atoms with Gasteiger partial charge in [0.25, 0.3) is 0 Å². The average molecular weight is 237 g/mol. The molecule has 0 bridgehead atoms. The molecule has 1 rings (SSSR count). The van der Waals surface area contributed by atoms with Crippen LogP contribution in [0.15, 0.2) is 24.5 Å². The van der Waals surface area contributed by atoms with Crippen molar-refractivity contribution in [1.82, 2.24) is 0 Å². The Hall–Kier alpha value is -1.75. The van der Waals surface area contributed by atoms with Crippen LogP contribution in [-0.2, 0) is 11.3 Å². The molecule has 1 aromatic rings. The van der Waals surface area contributed by atoms with Crippen LogP contribution in [0.2, 0.25) is 0 Å². The van der Waals surface area contributed by atoms with E-state index in [1.807, 2.05) is 16.8 Å². The highest BCUT2D eigenvalue weighted by Gasteiger charge is 2.10. The van der Waals surface area contributed by atoms with Gasteiger partial charge in [0.1, 0.15) is 12.6 Å². The molecule has 0 unspecified atom stereocenters. The quantitative estimate of drug-likeness (QED) is 0.407. The number of nitrogens with two attached hydrogens (primary N) is 1. The molecule has 0 aliphatic rings. The number of aromatic nitrogens is 1. The van der Waals surface area contributed by atoms with Gasteiger partial charge in [0.2, 0.25) is 0 Å². The minimum absolute atomic E-state index is 0.475. The monoisotopic (exact) mass is 237 g/mol. The first-order chi connectivity index (χ1) is 8.13. The van der Waals surface area contributed by atoms with Crippen LogP contribution in [0.25, 0.3) is 0 Å². The van der Waals surface area contributed by atoms with E-state index >= 15 is 0 Å². The van der Waals surface area contributed by atoms with Crippen LogP contribution in [0.3, 0.4) is 0 Å². The van der Waals surface area contributed by atoms with Gasteiger partial charge < -0.3 is 10.8 Å². The third kappa shape index (κ3) is 4.74. The van der Waals surface area contributed by atoms with Gasteiger partial charge in [-0.3, -0.25) is 9.59 Å². The second kappa shape index (κ2) is 6.75. The molecular weight excluding hydrogens is 220 g/mol. The van der Waals surface area contributed by atoms with E-state index in [-0.39, 0.29) is 0 Å². The molecule has 5 nitrogen and oxygen atoms in total. The molecule has 0 spiro atoms. The zero-order valence-corrected chi connectivity index (χ0v) is 9.58. The fourth-order valence-electron chi connectivity index (χ4n) is 1.53. The van der Waals surface area contributed by atoms with Gasteiger partial charge in [-0.25, -0.2) is 4.57 Å². The zero-order valence-electron chi connectivity index (χ0n) is 9.58. The van der Waals surface area contributed by atoms with Gasteiger partial charge in [-0.05, 0) is 18.9 Å². The molecule has 0 aliphatic heterocycles. The number of rotatable bonds is 7. The van der Waals surface area contributed by atoms with E-state index in [2.05, 4.69) is 0 Å². The number of carboxylic acid groups (broad SMARTS) is 1. The summed E-state index contributed by atoms with van der Waals surface area (Å²) in [6, 6.07) is 2.78. The Morgan fingerprint density at radius 1 is 1.53 bits per heavy atom. The van der Waals surface area contributed by atoms with Crippen LogP contribution in [0.4, 0.5) is 0 Å². The van der Waals surface area contributed by atoms with Crippen LogP contribution < -0.4 is 10.3 Å². The summed E-state index contributed by atoms with van der Waals surface area (Å²) in [5.74, 6) is -0.958. The first-order valence-corrected chi connectivity index (χ1v) is 5.56. The fourth-order valence-corrected chi connectivity index (χ4v) is 1.53.